The van der Waals surface area contributed by atoms with E-state index in [0.717, 1.165) is 19.3 Å². The van der Waals surface area contributed by atoms with Crippen LogP contribution in [0.3, 0.4) is 0 Å². The van der Waals surface area contributed by atoms with Gasteiger partial charge in [0.15, 0.2) is 5.54 Å². The van der Waals surface area contributed by atoms with Crippen LogP contribution in [0.15, 0.2) is 24.3 Å². The van der Waals surface area contributed by atoms with Crippen LogP contribution in [-0.4, -0.2) is 36.2 Å². The Bertz CT molecular complexity index is 629. The first-order valence-corrected chi connectivity index (χ1v) is 7.56. The van der Waals surface area contributed by atoms with Gasteiger partial charge in [0.2, 0.25) is 5.91 Å². The molecule has 0 aromatic heterocycles. The second kappa shape index (κ2) is 5.09. The number of rotatable bonds is 5. The predicted molar refractivity (Wildman–Crippen MR) is 80.6 cm³/mol. The van der Waals surface area contributed by atoms with Gasteiger partial charge in [0.25, 0.3) is 0 Å². The van der Waals surface area contributed by atoms with Gasteiger partial charge >= 0.3 is 5.97 Å². The molecule has 1 aromatic carbocycles. The van der Waals surface area contributed by atoms with Crippen LogP contribution in [0, 0.1) is 5.92 Å². The zero-order valence-corrected chi connectivity index (χ0v) is 12.9. The molecule has 2 N–H and O–H groups in total. The monoisotopic (exact) mass is 303 g/mol. The fraction of sp³-hybridized carbons (Fsp3) is 0.529. The number of benzene rings is 1. The van der Waals surface area contributed by atoms with Crippen LogP contribution < -0.4 is 5.32 Å². The number of carboxylic acids is 1. The minimum absolute atomic E-state index is 0.0512. The van der Waals surface area contributed by atoms with Gasteiger partial charge in [0.1, 0.15) is 0 Å². The molecule has 1 fully saturated rings. The number of aliphatic carboxylic acids is 1. The third-order valence-corrected chi connectivity index (χ3v) is 5.09. The standard InChI is InChI=1S/C17H21NO4/c1-16(10-22-2,15(20)21)18-14(19)13-9-17(13)8-7-11-5-3-4-6-12(11)17/h3-6,13H,7-10H2,1-2H3,(H,18,19)(H,20,21). The maximum absolute atomic E-state index is 12.5. The number of ether oxygens (including phenoxy) is 1. The van der Waals surface area contributed by atoms with Crippen LogP contribution in [0.4, 0.5) is 0 Å². The van der Waals surface area contributed by atoms with Crippen molar-refractivity contribution >= 4 is 11.9 Å². The predicted octanol–water partition coefficient (Wildman–Crippen LogP) is 1.50. The van der Waals surface area contributed by atoms with Gasteiger partial charge in [0.05, 0.1) is 6.61 Å². The lowest BCUT2D eigenvalue weighted by Crippen LogP contribution is -2.56. The van der Waals surface area contributed by atoms with E-state index >= 15 is 0 Å². The van der Waals surface area contributed by atoms with Crippen molar-refractivity contribution in [1.29, 1.82) is 0 Å². The Kier molecular flexibility index (Phi) is 3.48. The summed E-state index contributed by atoms with van der Waals surface area (Å²) in [6.45, 7) is 1.43. The summed E-state index contributed by atoms with van der Waals surface area (Å²) in [4.78, 5) is 23.9. The molecule has 118 valence electrons. The first kappa shape index (κ1) is 15.0. The summed E-state index contributed by atoms with van der Waals surface area (Å²) >= 11 is 0. The average molecular weight is 303 g/mol. The van der Waals surface area contributed by atoms with E-state index in [0.29, 0.717) is 0 Å². The molecule has 2 aliphatic rings. The molecular formula is C17H21NO4. The number of hydrogen-bond acceptors (Lipinski definition) is 3. The van der Waals surface area contributed by atoms with Crippen molar-refractivity contribution in [2.75, 3.05) is 13.7 Å². The molecule has 0 aliphatic heterocycles. The Hall–Kier alpha value is -1.88. The van der Waals surface area contributed by atoms with Crippen molar-refractivity contribution in [3.8, 4) is 0 Å². The third kappa shape index (κ3) is 2.20. The minimum atomic E-state index is -1.38. The molecule has 1 amide bonds. The molecule has 0 saturated heterocycles. The first-order chi connectivity index (χ1) is 10.4. The van der Waals surface area contributed by atoms with Crippen molar-refractivity contribution in [1.82, 2.24) is 5.32 Å². The van der Waals surface area contributed by atoms with E-state index in [4.69, 9.17) is 4.74 Å². The van der Waals surface area contributed by atoms with Crippen LogP contribution >= 0.6 is 0 Å². The molecule has 3 rings (SSSR count). The van der Waals surface area contributed by atoms with Crippen molar-refractivity contribution in [2.24, 2.45) is 5.92 Å². The maximum atomic E-state index is 12.5. The quantitative estimate of drug-likeness (QED) is 0.864. The molecule has 0 heterocycles. The molecular weight excluding hydrogens is 282 g/mol. The summed E-state index contributed by atoms with van der Waals surface area (Å²) in [5.41, 5.74) is 1.12. The maximum Gasteiger partial charge on any atom is 0.331 e. The van der Waals surface area contributed by atoms with Gasteiger partial charge in [-0.05, 0) is 37.3 Å². The second-order valence-electron chi connectivity index (χ2n) is 6.63. The van der Waals surface area contributed by atoms with Crippen molar-refractivity contribution in [2.45, 2.75) is 37.1 Å². The summed E-state index contributed by atoms with van der Waals surface area (Å²) in [6, 6.07) is 8.24. The van der Waals surface area contributed by atoms with Crippen molar-refractivity contribution in [3.05, 3.63) is 35.4 Å². The van der Waals surface area contributed by atoms with Gasteiger partial charge in [-0.25, -0.2) is 4.79 Å². The molecule has 1 aromatic rings. The topological polar surface area (TPSA) is 75.6 Å². The summed E-state index contributed by atoms with van der Waals surface area (Å²) in [7, 11) is 1.43. The van der Waals surface area contributed by atoms with E-state index in [2.05, 4.69) is 17.4 Å². The Morgan fingerprint density at radius 3 is 2.86 bits per heavy atom. The number of methoxy groups -OCH3 is 1. The zero-order valence-electron chi connectivity index (χ0n) is 12.9. The SMILES string of the molecule is COCC(C)(NC(=O)C1CC12CCc1ccccc12)C(=O)O. The Morgan fingerprint density at radius 1 is 1.45 bits per heavy atom. The molecule has 3 unspecified atom stereocenters. The molecule has 2 aliphatic carbocycles. The summed E-state index contributed by atoms with van der Waals surface area (Å²) in [5, 5.41) is 12.0. The summed E-state index contributed by atoms with van der Waals surface area (Å²) < 4.78 is 4.95. The third-order valence-electron chi connectivity index (χ3n) is 5.09. The fourth-order valence-electron chi connectivity index (χ4n) is 3.74. The lowest BCUT2D eigenvalue weighted by atomic mass is 9.94. The van der Waals surface area contributed by atoms with Gasteiger partial charge in [-0.2, -0.15) is 0 Å². The lowest BCUT2D eigenvalue weighted by molar-refractivity contribution is -0.149. The van der Waals surface area contributed by atoms with E-state index in [1.807, 2.05) is 12.1 Å². The van der Waals surface area contributed by atoms with Gasteiger partial charge in [0, 0.05) is 18.4 Å². The smallest absolute Gasteiger partial charge is 0.331 e. The Morgan fingerprint density at radius 2 is 2.18 bits per heavy atom. The number of carboxylic acid groups (broad SMARTS) is 1. The fourth-order valence-corrected chi connectivity index (χ4v) is 3.74. The average Bonchev–Trinajstić information content (AvgIpc) is 3.10. The number of carbonyl (C=O) groups excluding carboxylic acids is 1. The van der Waals surface area contributed by atoms with Gasteiger partial charge in [-0.1, -0.05) is 24.3 Å². The van der Waals surface area contributed by atoms with Gasteiger partial charge < -0.3 is 15.2 Å². The summed E-state index contributed by atoms with van der Waals surface area (Å²) in [6.07, 6.45) is 2.77. The van der Waals surface area contributed by atoms with Gasteiger partial charge in [-0.15, -0.1) is 0 Å². The molecule has 0 radical (unpaired) electrons. The van der Waals surface area contributed by atoms with Crippen LogP contribution in [-0.2, 0) is 26.2 Å². The number of carbonyl (C=O) groups is 2. The van der Waals surface area contributed by atoms with Crippen LogP contribution in [0.2, 0.25) is 0 Å². The number of amides is 1. The summed E-state index contributed by atoms with van der Waals surface area (Å²) in [5.74, 6) is -1.39. The van der Waals surface area contributed by atoms with Crippen molar-refractivity contribution < 1.29 is 19.4 Å². The first-order valence-electron chi connectivity index (χ1n) is 7.56. The zero-order chi connectivity index (χ0) is 16.0. The van der Waals surface area contributed by atoms with Crippen LogP contribution in [0.25, 0.3) is 0 Å². The number of fused-ring (bicyclic) bond motifs is 2. The Balaban J connectivity index is 1.75. The van der Waals surface area contributed by atoms with E-state index in [9.17, 15) is 14.7 Å². The van der Waals surface area contributed by atoms with Crippen LogP contribution in [0.1, 0.15) is 30.9 Å². The molecule has 3 atom stereocenters. The van der Waals surface area contributed by atoms with E-state index in [-0.39, 0.29) is 23.8 Å². The van der Waals surface area contributed by atoms with Crippen molar-refractivity contribution in [3.63, 3.8) is 0 Å². The highest BCUT2D eigenvalue weighted by Crippen LogP contribution is 2.61. The molecule has 5 nitrogen and oxygen atoms in total. The Labute approximate surface area is 129 Å². The molecule has 1 saturated carbocycles. The molecule has 22 heavy (non-hydrogen) atoms. The highest BCUT2D eigenvalue weighted by atomic mass is 16.5. The normalized spacial score (nSPS) is 28.0. The van der Waals surface area contributed by atoms with E-state index in [1.54, 1.807) is 0 Å². The lowest BCUT2D eigenvalue weighted by Gasteiger charge is -2.26. The minimum Gasteiger partial charge on any atom is -0.479 e. The molecule has 0 bridgehead atoms. The largest absolute Gasteiger partial charge is 0.479 e. The van der Waals surface area contributed by atoms with Crippen LogP contribution in [0.5, 0.6) is 0 Å². The number of nitrogens with one attached hydrogen (secondary N) is 1. The van der Waals surface area contributed by atoms with E-state index < -0.39 is 11.5 Å². The van der Waals surface area contributed by atoms with Gasteiger partial charge in [-0.3, -0.25) is 4.79 Å². The number of aryl methyl sites for hydroxylation is 1. The second-order valence-corrected chi connectivity index (χ2v) is 6.63. The number of hydrogen-bond donors (Lipinski definition) is 2. The highest BCUT2D eigenvalue weighted by Gasteiger charge is 2.62. The highest BCUT2D eigenvalue weighted by molar-refractivity contribution is 5.91. The van der Waals surface area contributed by atoms with E-state index in [1.165, 1.54) is 25.2 Å². The molecule has 1 spiro atoms. The molecule has 5 heteroatoms.